The van der Waals surface area contributed by atoms with Crippen molar-refractivity contribution < 1.29 is 4.79 Å². The minimum Gasteiger partial charge on any atom is -0.361 e. The predicted molar refractivity (Wildman–Crippen MR) is 96.6 cm³/mol. The third kappa shape index (κ3) is 3.11. The molecule has 2 aromatic heterocycles. The molecular formula is C20H15N3O. The van der Waals surface area contributed by atoms with E-state index in [0.717, 1.165) is 28.3 Å². The van der Waals surface area contributed by atoms with Crippen molar-refractivity contribution >= 4 is 34.2 Å². The molecule has 0 saturated carbocycles. The molecule has 4 aromatic rings. The topological polar surface area (TPSA) is 72.4 Å². The summed E-state index contributed by atoms with van der Waals surface area (Å²) in [7, 11) is 0. The number of nitrogens with zero attached hydrogens (tertiary/aromatic N) is 1. The van der Waals surface area contributed by atoms with Gasteiger partial charge in [-0.05, 0) is 35.2 Å². The Labute approximate surface area is 139 Å². The molecular weight excluding hydrogens is 298 g/mol. The highest BCUT2D eigenvalue weighted by atomic mass is 16.1. The van der Waals surface area contributed by atoms with E-state index in [1.54, 1.807) is 12.1 Å². The summed E-state index contributed by atoms with van der Waals surface area (Å²) < 4.78 is 0. The second kappa shape index (κ2) is 7.12. The lowest BCUT2D eigenvalue weighted by molar-refractivity contribution is 0.112. The van der Waals surface area contributed by atoms with Crippen molar-refractivity contribution in [3.8, 4) is 6.07 Å². The summed E-state index contributed by atoms with van der Waals surface area (Å²) in [6.45, 7) is 0. The van der Waals surface area contributed by atoms with Crippen molar-refractivity contribution in [3.63, 3.8) is 0 Å². The Bertz CT molecular complexity index is 1050. The van der Waals surface area contributed by atoms with Crippen LogP contribution in [-0.4, -0.2) is 16.3 Å². The second-order valence-corrected chi connectivity index (χ2v) is 5.16. The van der Waals surface area contributed by atoms with E-state index >= 15 is 0 Å². The minimum atomic E-state index is 0.715. The zero-order chi connectivity index (χ0) is 16.8. The number of aromatic nitrogens is 2. The van der Waals surface area contributed by atoms with Gasteiger partial charge in [0.2, 0.25) is 0 Å². The van der Waals surface area contributed by atoms with Gasteiger partial charge in [-0.25, -0.2) is 0 Å². The molecule has 0 atom stereocenters. The van der Waals surface area contributed by atoms with Crippen LogP contribution in [0.15, 0.2) is 67.0 Å². The molecule has 0 bridgehead atoms. The third-order valence-electron chi connectivity index (χ3n) is 3.70. The molecule has 0 spiro atoms. The number of aldehydes is 1. The average molecular weight is 313 g/mol. The Morgan fingerprint density at radius 3 is 2.00 bits per heavy atom. The van der Waals surface area contributed by atoms with Crippen LogP contribution in [0.5, 0.6) is 0 Å². The number of hydrogen-bond donors (Lipinski definition) is 2. The zero-order valence-corrected chi connectivity index (χ0v) is 12.9. The van der Waals surface area contributed by atoms with Crippen molar-refractivity contribution in [1.82, 2.24) is 9.97 Å². The molecule has 116 valence electrons. The first kappa shape index (κ1) is 15.3. The van der Waals surface area contributed by atoms with Crippen LogP contribution in [0.1, 0.15) is 15.9 Å². The number of fused-ring (bicyclic) bond motifs is 2. The van der Waals surface area contributed by atoms with Gasteiger partial charge in [0, 0.05) is 29.4 Å². The van der Waals surface area contributed by atoms with Gasteiger partial charge in [0.05, 0.1) is 17.1 Å². The molecule has 0 aliphatic carbocycles. The van der Waals surface area contributed by atoms with Gasteiger partial charge >= 0.3 is 0 Å². The molecule has 0 aliphatic heterocycles. The van der Waals surface area contributed by atoms with Crippen LogP contribution in [0, 0.1) is 11.3 Å². The van der Waals surface area contributed by atoms with Crippen molar-refractivity contribution in [3.05, 3.63) is 78.1 Å². The number of allylic oxidation sites excluding steroid dienone is 1. The van der Waals surface area contributed by atoms with Gasteiger partial charge in [-0.15, -0.1) is 0 Å². The third-order valence-corrected chi connectivity index (χ3v) is 3.70. The SMILES string of the molecule is N#C/C=C/c1cccc2cc[nH]c12.O=Cc1cccc2cc[nH]c12. The fourth-order valence-electron chi connectivity index (χ4n) is 2.58. The molecule has 2 aromatic carbocycles. The number of aromatic amines is 2. The highest BCUT2D eigenvalue weighted by Crippen LogP contribution is 2.17. The molecule has 2 N–H and O–H groups in total. The van der Waals surface area contributed by atoms with E-state index in [1.807, 2.05) is 60.9 Å². The van der Waals surface area contributed by atoms with Gasteiger partial charge in [-0.1, -0.05) is 30.3 Å². The van der Waals surface area contributed by atoms with Crippen molar-refractivity contribution in [1.29, 1.82) is 5.26 Å². The number of nitrogens with one attached hydrogen (secondary N) is 2. The zero-order valence-electron chi connectivity index (χ0n) is 12.9. The van der Waals surface area contributed by atoms with Gasteiger partial charge in [0.15, 0.2) is 6.29 Å². The Hall–Kier alpha value is -3.58. The molecule has 0 fully saturated rings. The maximum absolute atomic E-state index is 10.5. The minimum absolute atomic E-state index is 0.715. The van der Waals surface area contributed by atoms with Gasteiger partial charge in [0.1, 0.15) is 0 Å². The molecule has 4 rings (SSSR count). The van der Waals surface area contributed by atoms with Crippen LogP contribution < -0.4 is 0 Å². The van der Waals surface area contributed by atoms with E-state index in [9.17, 15) is 4.79 Å². The molecule has 0 saturated heterocycles. The lowest BCUT2D eigenvalue weighted by atomic mass is 10.1. The van der Waals surface area contributed by atoms with E-state index in [0.29, 0.717) is 5.56 Å². The van der Waals surface area contributed by atoms with E-state index in [4.69, 9.17) is 5.26 Å². The summed E-state index contributed by atoms with van der Waals surface area (Å²) in [6.07, 6.45) is 7.87. The molecule has 0 aliphatic rings. The summed E-state index contributed by atoms with van der Waals surface area (Å²) in [6, 6.07) is 17.6. The van der Waals surface area contributed by atoms with E-state index < -0.39 is 0 Å². The predicted octanol–water partition coefficient (Wildman–Crippen LogP) is 4.69. The van der Waals surface area contributed by atoms with Crippen LogP contribution >= 0.6 is 0 Å². The highest BCUT2D eigenvalue weighted by molar-refractivity contribution is 5.95. The molecule has 2 heterocycles. The first-order valence-corrected chi connectivity index (χ1v) is 7.47. The number of H-pyrrole nitrogens is 2. The molecule has 4 nitrogen and oxygen atoms in total. The standard InChI is InChI=1S/C11H8N2.C9H7NO/c12-7-2-5-9-3-1-4-10-6-8-13-11(9)10;11-6-8-3-1-2-7-4-5-10-9(7)8/h1-6,8,13H;1-6,10H/b5-2+;. The average Bonchev–Trinajstić information content (AvgIpc) is 3.29. The smallest absolute Gasteiger partial charge is 0.152 e. The van der Waals surface area contributed by atoms with E-state index in [-0.39, 0.29) is 0 Å². The Morgan fingerprint density at radius 1 is 0.833 bits per heavy atom. The van der Waals surface area contributed by atoms with E-state index in [2.05, 4.69) is 9.97 Å². The van der Waals surface area contributed by atoms with E-state index in [1.165, 1.54) is 11.5 Å². The van der Waals surface area contributed by atoms with Gasteiger partial charge in [-0.2, -0.15) is 5.26 Å². The summed E-state index contributed by atoms with van der Waals surface area (Å²) >= 11 is 0. The number of benzene rings is 2. The lowest BCUT2D eigenvalue weighted by Crippen LogP contribution is -1.80. The Balaban J connectivity index is 0.000000143. The number of carbonyl (C=O) groups is 1. The fourth-order valence-corrected chi connectivity index (χ4v) is 2.58. The van der Waals surface area contributed by atoms with Crippen molar-refractivity contribution in [2.24, 2.45) is 0 Å². The molecule has 4 heteroatoms. The van der Waals surface area contributed by atoms with Gasteiger partial charge < -0.3 is 9.97 Å². The second-order valence-electron chi connectivity index (χ2n) is 5.16. The first-order valence-electron chi connectivity index (χ1n) is 7.47. The summed E-state index contributed by atoms with van der Waals surface area (Å²) in [5.74, 6) is 0. The molecule has 0 unspecified atom stereocenters. The Morgan fingerprint density at radius 2 is 1.42 bits per heavy atom. The van der Waals surface area contributed by atoms with Crippen LogP contribution in [-0.2, 0) is 0 Å². The fraction of sp³-hybridized carbons (Fsp3) is 0. The van der Waals surface area contributed by atoms with Crippen LogP contribution in [0.2, 0.25) is 0 Å². The van der Waals surface area contributed by atoms with Crippen LogP contribution in [0.3, 0.4) is 0 Å². The first-order chi connectivity index (χ1) is 11.8. The van der Waals surface area contributed by atoms with Crippen LogP contribution in [0.4, 0.5) is 0 Å². The maximum atomic E-state index is 10.5. The molecule has 0 radical (unpaired) electrons. The number of hydrogen-bond acceptors (Lipinski definition) is 2. The number of carbonyl (C=O) groups excluding carboxylic acids is 1. The quantitative estimate of drug-likeness (QED) is 0.416. The lowest BCUT2D eigenvalue weighted by Gasteiger charge is -1.94. The number of rotatable bonds is 2. The largest absolute Gasteiger partial charge is 0.361 e. The number of nitriles is 1. The highest BCUT2D eigenvalue weighted by Gasteiger charge is 1.98. The van der Waals surface area contributed by atoms with Crippen LogP contribution in [0.25, 0.3) is 27.9 Å². The Kier molecular flexibility index (Phi) is 4.55. The molecule has 24 heavy (non-hydrogen) atoms. The molecule has 0 amide bonds. The summed E-state index contributed by atoms with van der Waals surface area (Å²) in [5, 5.41) is 10.6. The summed E-state index contributed by atoms with van der Waals surface area (Å²) in [5.41, 5.74) is 3.76. The maximum Gasteiger partial charge on any atom is 0.152 e. The van der Waals surface area contributed by atoms with Crippen molar-refractivity contribution in [2.45, 2.75) is 0 Å². The van der Waals surface area contributed by atoms with Gasteiger partial charge in [-0.3, -0.25) is 4.79 Å². The monoisotopic (exact) mass is 313 g/mol. The van der Waals surface area contributed by atoms with Crippen molar-refractivity contribution in [2.75, 3.05) is 0 Å². The number of para-hydroxylation sites is 2. The summed E-state index contributed by atoms with van der Waals surface area (Å²) in [4.78, 5) is 16.6. The van der Waals surface area contributed by atoms with Gasteiger partial charge in [0.25, 0.3) is 0 Å². The normalized spacial score (nSPS) is 10.5.